The highest BCUT2D eigenvalue weighted by atomic mass is 16.5. The zero-order valence-corrected chi connectivity index (χ0v) is 17.1. The Morgan fingerprint density at radius 3 is 2.03 bits per heavy atom. The van der Waals surface area contributed by atoms with E-state index in [-0.39, 0.29) is 30.3 Å². The van der Waals surface area contributed by atoms with Crippen molar-refractivity contribution < 1.29 is 33.9 Å². The number of phenolic OH excluding ortho intramolecular Hbond substituents is 1. The maximum Gasteiger partial charge on any atom is 0.200 e. The molecular formula is C22H27O7. The zero-order valence-electron chi connectivity index (χ0n) is 17.1. The molecule has 2 aromatic carbocycles. The molecule has 157 valence electrons. The van der Waals surface area contributed by atoms with Crippen LogP contribution in [0.2, 0.25) is 0 Å². The van der Waals surface area contributed by atoms with E-state index >= 15 is 0 Å². The molecule has 0 aromatic heterocycles. The number of phenols is 1. The van der Waals surface area contributed by atoms with Crippen LogP contribution >= 0.6 is 0 Å². The van der Waals surface area contributed by atoms with Gasteiger partial charge in [-0.1, -0.05) is 0 Å². The first-order valence-corrected chi connectivity index (χ1v) is 9.36. The molecule has 3 unspecified atom stereocenters. The van der Waals surface area contributed by atoms with Gasteiger partial charge in [-0.15, -0.1) is 0 Å². The van der Waals surface area contributed by atoms with Crippen LogP contribution in [0.3, 0.4) is 0 Å². The molecule has 7 heteroatoms. The van der Waals surface area contributed by atoms with E-state index < -0.39 is 0 Å². The van der Waals surface area contributed by atoms with Crippen LogP contribution < -0.4 is 18.9 Å². The first kappa shape index (κ1) is 21.1. The molecule has 3 atom stereocenters. The summed E-state index contributed by atoms with van der Waals surface area (Å²) in [6.45, 7) is 0.468. The van der Waals surface area contributed by atoms with Crippen molar-refractivity contribution in [1.82, 2.24) is 0 Å². The fourth-order valence-corrected chi connectivity index (χ4v) is 3.81. The Labute approximate surface area is 170 Å². The first-order valence-electron chi connectivity index (χ1n) is 9.36. The number of aliphatic hydroxyl groups is 1. The van der Waals surface area contributed by atoms with Gasteiger partial charge in [0, 0.05) is 12.5 Å². The molecule has 1 saturated heterocycles. The van der Waals surface area contributed by atoms with Crippen molar-refractivity contribution in [1.29, 1.82) is 0 Å². The van der Waals surface area contributed by atoms with E-state index in [9.17, 15) is 10.2 Å². The highest BCUT2D eigenvalue weighted by Gasteiger charge is 2.38. The van der Waals surface area contributed by atoms with Gasteiger partial charge in [-0.25, -0.2) is 0 Å². The second-order valence-electron chi connectivity index (χ2n) is 6.96. The molecule has 0 amide bonds. The summed E-state index contributed by atoms with van der Waals surface area (Å²) in [4.78, 5) is 0. The minimum Gasteiger partial charge on any atom is -0.502 e. The standard InChI is InChI=1S/C22H27O7/c1-25-16-8-14(9-17(10-16)26-2)22-18(11-23)15(12-29-22)5-13-6-19(27-3)21(24)20(7-13)28-4/h6-9,15,18,22-24H,5,11-12H2,1-4H3. The van der Waals surface area contributed by atoms with Crippen molar-refractivity contribution in [3.05, 3.63) is 41.5 Å². The normalized spacial score (nSPS) is 21.1. The monoisotopic (exact) mass is 403 g/mol. The van der Waals surface area contributed by atoms with Gasteiger partial charge in [0.2, 0.25) is 5.75 Å². The first-order chi connectivity index (χ1) is 14.0. The molecule has 29 heavy (non-hydrogen) atoms. The van der Waals surface area contributed by atoms with Gasteiger partial charge in [0.1, 0.15) is 11.5 Å². The Bertz CT molecular complexity index is 789. The maximum atomic E-state index is 10.1. The van der Waals surface area contributed by atoms with Crippen molar-refractivity contribution >= 4 is 0 Å². The maximum absolute atomic E-state index is 10.1. The fraction of sp³-hybridized carbons (Fsp3) is 0.455. The quantitative estimate of drug-likeness (QED) is 0.701. The van der Waals surface area contributed by atoms with Gasteiger partial charge in [0.15, 0.2) is 11.5 Å². The van der Waals surface area contributed by atoms with E-state index in [4.69, 9.17) is 23.7 Å². The van der Waals surface area contributed by atoms with Crippen LogP contribution in [0.4, 0.5) is 0 Å². The predicted octanol–water partition coefficient (Wildman–Crippen LogP) is 2.77. The van der Waals surface area contributed by atoms with E-state index in [1.165, 1.54) is 14.2 Å². The fourth-order valence-electron chi connectivity index (χ4n) is 3.81. The second-order valence-corrected chi connectivity index (χ2v) is 6.96. The number of aromatic hydroxyl groups is 1. The molecule has 7 nitrogen and oxygen atoms in total. The molecule has 0 aliphatic carbocycles. The molecule has 0 spiro atoms. The molecule has 2 N–H and O–H groups in total. The zero-order chi connectivity index (χ0) is 21.0. The SMILES string of the molecule is COc1[c]c(OC)cc(C2OCC(Cc3cc(OC)c(O)c(OC)c3)C2CO)c1. The molecule has 1 aliphatic heterocycles. The number of hydrogen-bond acceptors (Lipinski definition) is 7. The molecule has 0 bridgehead atoms. The van der Waals surface area contributed by atoms with Gasteiger partial charge in [0.05, 0.1) is 47.2 Å². The summed E-state index contributed by atoms with van der Waals surface area (Å²) in [6.07, 6.45) is 0.352. The third-order valence-corrected chi connectivity index (χ3v) is 5.34. The van der Waals surface area contributed by atoms with E-state index in [1.54, 1.807) is 26.4 Å². The average molecular weight is 403 g/mol. The summed E-state index contributed by atoms with van der Waals surface area (Å²) in [6, 6.07) is 10.3. The van der Waals surface area contributed by atoms with Crippen molar-refractivity contribution in [2.45, 2.75) is 12.5 Å². The van der Waals surface area contributed by atoms with E-state index in [0.29, 0.717) is 36.0 Å². The number of benzene rings is 2. The molecule has 1 aliphatic rings. The van der Waals surface area contributed by atoms with E-state index in [0.717, 1.165) is 11.1 Å². The van der Waals surface area contributed by atoms with Crippen LogP contribution in [0.25, 0.3) is 0 Å². The molecule has 3 rings (SSSR count). The van der Waals surface area contributed by atoms with E-state index in [2.05, 4.69) is 6.07 Å². The van der Waals surface area contributed by atoms with Crippen LogP contribution in [0, 0.1) is 17.9 Å². The summed E-state index contributed by atoms with van der Waals surface area (Å²) < 4.78 is 27.2. The van der Waals surface area contributed by atoms with Crippen LogP contribution in [-0.2, 0) is 11.2 Å². The lowest BCUT2D eigenvalue weighted by atomic mass is 9.84. The lowest BCUT2D eigenvalue weighted by molar-refractivity contribution is 0.0715. The van der Waals surface area contributed by atoms with Crippen molar-refractivity contribution in [2.75, 3.05) is 41.7 Å². The Kier molecular flexibility index (Phi) is 6.71. The van der Waals surface area contributed by atoms with Crippen LogP contribution in [0.1, 0.15) is 17.2 Å². The minimum absolute atomic E-state index is 0.0229. The number of ether oxygens (including phenoxy) is 5. The van der Waals surface area contributed by atoms with Crippen molar-refractivity contribution in [2.24, 2.45) is 11.8 Å². The second kappa shape index (κ2) is 9.24. The highest BCUT2D eigenvalue weighted by Crippen LogP contribution is 2.43. The molecule has 2 aromatic rings. The molecular weight excluding hydrogens is 376 g/mol. The number of hydrogen-bond donors (Lipinski definition) is 2. The van der Waals surface area contributed by atoms with Gasteiger partial charge in [-0.2, -0.15) is 0 Å². The summed E-state index contributed by atoms with van der Waals surface area (Å²) in [7, 11) is 6.14. The lowest BCUT2D eigenvalue weighted by Gasteiger charge is -2.22. The number of aliphatic hydroxyl groups excluding tert-OH is 1. The third kappa shape index (κ3) is 4.36. The predicted molar refractivity (Wildman–Crippen MR) is 106 cm³/mol. The Balaban J connectivity index is 1.85. The van der Waals surface area contributed by atoms with Gasteiger partial charge in [-0.05, 0) is 47.7 Å². The van der Waals surface area contributed by atoms with E-state index in [1.807, 2.05) is 12.1 Å². The molecule has 1 radical (unpaired) electrons. The lowest BCUT2D eigenvalue weighted by Crippen LogP contribution is -2.21. The summed E-state index contributed by atoms with van der Waals surface area (Å²) in [5, 5.41) is 20.2. The average Bonchev–Trinajstić information content (AvgIpc) is 3.16. The van der Waals surface area contributed by atoms with Crippen LogP contribution in [0.15, 0.2) is 24.3 Å². The molecule has 1 heterocycles. The topological polar surface area (TPSA) is 86.6 Å². The highest BCUT2D eigenvalue weighted by molar-refractivity contribution is 5.52. The van der Waals surface area contributed by atoms with Gasteiger partial charge >= 0.3 is 0 Å². The smallest absolute Gasteiger partial charge is 0.200 e. The Hall–Kier alpha value is -2.64. The minimum atomic E-state index is -0.289. The largest absolute Gasteiger partial charge is 0.502 e. The molecule has 1 fully saturated rings. The van der Waals surface area contributed by atoms with Crippen LogP contribution in [-0.4, -0.2) is 51.9 Å². The summed E-state index contributed by atoms with van der Waals surface area (Å²) in [5.41, 5.74) is 1.81. The Morgan fingerprint density at radius 1 is 0.966 bits per heavy atom. The number of methoxy groups -OCH3 is 4. The van der Waals surface area contributed by atoms with Crippen molar-refractivity contribution in [3.8, 4) is 28.7 Å². The van der Waals surface area contributed by atoms with Gasteiger partial charge < -0.3 is 33.9 Å². The summed E-state index contributed by atoms with van der Waals surface area (Å²) >= 11 is 0. The summed E-state index contributed by atoms with van der Waals surface area (Å²) in [5.74, 6) is 1.74. The van der Waals surface area contributed by atoms with Crippen LogP contribution in [0.5, 0.6) is 28.7 Å². The van der Waals surface area contributed by atoms with Crippen molar-refractivity contribution in [3.63, 3.8) is 0 Å². The third-order valence-electron chi connectivity index (χ3n) is 5.34. The molecule has 0 saturated carbocycles. The Morgan fingerprint density at radius 2 is 1.55 bits per heavy atom. The van der Waals surface area contributed by atoms with Gasteiger partial charge in [-0.3, -0.25) is 0 Å². The van der Waals surface area contributed by atoms with Gasteiger partial charge in [0.25, 0.3) is 0 Å². The number of rotatable bonds is 8.